The SMILES string of the molecule is CCOCC(=O)N(Cc1ccccc1F)[C@@H]1CC(C(=O)NCCO)=C[C@H](Oc2ccccc2I)[C@H]1O. The van der Waals surface area contributed by atoms with Crippen molar-refractivity contribution in [2.24, 2.45) is 0 Å². The van der Waals surface area contributed by atoms with Crippen molar-refractivity contribution < 1.29 is 33.7 Å². The molecule has 0 bridgehead atoms. The van der Waals surface area contributed by atoms with E-state index in [0.717, 1.165) is 3.57 Å². The number of para-hydroxylation sites is 1. The number of aliphatic hydroxyl groups excluding tert-OH is 2. The summed E-state index contributed by atoms with van der Waals surface area (Å²) in [7, 11) is 0. The van der Waals surface area contributed by atoms with Gasteiger partial charge in [0.2, 0.25) is 11.8 Å². The molecule has 0 aliphatic heterocycles. The van der Waals surface area contributed by atoms with Crippen LogP contribution in [0.4, 0.5) is 4.39 Å². The van der Waals surface area contributed by atoms with Gasteiger partial charge in [-0.15, -0.1) is 0 Å². The van der Waals surface area contributed by atoms with Gasteiger partial charge in [0.1, 0.15) is 30.4 Å². The number of hydrogen-bond donors (Lipinski definition) is 3. The van der Waals surface area contributed by atoms with Crippen LogP contribution in [0.25, 0.3) is 0 Å². The van der Waals surface area contributed by atoms with E-state index < -0.39 is 35.9 Å². The standard InChI is InChI=1S/C26H30FIN2O6/c1-2-35-16-24(32)30(15-17-7-3-4-8-19(17)27)21-13-18(26(34)29-11-12-31)14-23(25(21)33)36-22-10-6-5-9-20(22)28/h3-10,14,21,23,25,31,33H,2,11-13,15-16H2,1H3,(H,29,34)/t21-,23+,25+/m1/s1. The van der Waals surface area contributed by atoms with Crippen LogP contribution in [-0.2, 0) is 20.9 Å². The van der Waals surface area contributed by atoms with Crippen LogP contribution in [0.5, 0.6) is 5.75 Å². The van der Waals surface area contributed by atoms with E-state index in [9.17, 15) is 19.1 Å². The first-order valence-corrected chi connectivity index (χ1v) is 12.7. The lowest BCUT2D eigenvalue weighted by Crippen LogP contribution is -2.55. The Labute approximate surface area is 223 Å². The highest BCUT2D eigenvalue weighted by atomic mass is 127. The van der Waals surface area contributed by atoms with Gasteiger partial charge in [0, 0.05) is 37.3 Å². The van der Waals surface area contributed by atoms with Gasteiger partial charge in [-0.25, -0.2) is 4.39 Å². The summed E-state index contributed by atoms with van der Waals surface area (Å²) in [5.41, 5.74) is 0.558. The minimum Gasteiger partial charge on any atom is -0.482 e. The molecule has 2 aromatic rings. The van der Waals surface area contributed by atoms with Gasteiger partial charge in [0.05, 0.1) is 16.2 Å². The Kier molecular flexibility index (Phi) is 10.7. The van der Waals surface area contributed by atoms with Gasteiger partial charge in [0.25, 0.3) is 0 Å². The molecule has 0 fully saturated rings. The van der Waals surface area contributed by atoms with Gasteiger partial charge >= 0.3 is 0 Å². The summed E-state index contributed by atoms with van der Waals surface area (Å²) in [6.07, 6.45) is -0.632. The fourth-order valence-corrected chi connectivity index (χ4v) is 4.45. The molecule has 0 spiro atoms. The zero-order chi connectivity index (χ0) is 26.1. The number of hydrogen-bond acceptors (Lipinski definition) is 6. The number of aliphatic hydroxyl groups is 2. The number of rotatable bonds is 11. The van der Waals surface area contributed by atoms with Gasteiger partial charge in [0.15, 0.2) is 0 Å². The maximum absolute atomic E-state index is 14.5. The minimum atomic E-state index is -1.22. The van der Waals surface area contributed by atoms with E-state index in [1.807, 2.05) is 12.1 Å². The number of nitrogens with zero attached hydrogens (tertiary/aromatic N) is 1. The average molecular weight is 612 g/mol. The summed E-state index contributed by atoms with van der Waals surface area (Å²) in [5, 5.41) is 23.1. The van der Waals surface area contributed by atoms with Crippen molar-refractivity contribution >= 4 is 34.4 Å². The van der Waals surface area contributed by atoms with Crippen molar-refractivity contribution in [3.05, 3.63) is 75.1 Å². The van der Waals surface area contributed by atoms with Gasteiger partial charge in [-0.1, -0.05) is 30.3 Å². The highest BCUT2D eigenvalue weighted by Crippen LogP contribution is 2.30. The molecule has 0 saturated carbocycles. The van der Waals surface area contributed by atoms with Crippen molar-refractivity contribution in [1.29, 1.82) is 0 Å². The van der Waals surface area contributed by atoms with Crippen LogP contribution < -0.4 is 10.1 Å². The molecule has 3 N–H and O–H groups in total. The second-order valence-corrected chi connectivity index (χ2v) is 9.36. The third-order valence-electron chi connectivity index (χ3n) is 5.76. The first kappa shape index (κ1) is 28.0. The van der Waals surface area contributed by atoms with Crippen LogP contribution in [0.1, 0.15) is 18.9 Å². The zero-order valence-corrected chi connectivity index (χ0v) is 22.1. The van der Waals surface area contributed by atoms with E-state index in [1.54, 1.807) is 37.3 Å². The smallest absolute Gasteiger partial charge is 0.249 e. The number of benzene rings is 2. The fourth-order valence-electron chi connectivity index (χ4n) is 3.94. The summed E-state index contributed by atoms with van der Waals surface area (Å²) >= 11 is 2.11. The summed E-state index contributed by atoms with van der Waals surface area (Å²) in [6.45, 7) is 1.49. The number of halogens is 2. The molecule has 0 heterocycles. The molecule has 1 aliphatic carbocycles. The largest absolute Gasteiger partial charge is 0.482 e. The van der Waals surface area contributed by atoms with Crippen LogP contribution in [0, 0.1) is 9.39 Å². The lowest BCUT2D eigenvalue weighted by atomic mass is 9.87. The monoisotopic (exact) mass is 612 g/mol. The molecule has 0 aromatic heterocycles. The van der Waals surface area contributed by atoms with E-state index in [2.05, 4.69) is 27.9 Å². The maximum atomic E-state index is 14.5. The molecule has 194 valence electrons. The molecule has 0 radical (unpaired) electrons. The van der Waals surface area contributed by atoms with E-state index in [4.69, 9.17) is 14.6 Å². The Morgan fingerprint density at radius 1 is 1.19 bits per heavy atom. The number of amides is 2. The van der Waals surface area contributed by atoms with Crippen molar-refractivity contribution in [3.63, 3.8) is 0 Å². The van der Waals surface area contributed by atoms with Crippen LogP contribution in [0.15, 0.2) is 60.2 Å². The molecule has 2 amide bonds. The Morgan fingerprint density at radius 2 is 1.92 bits per heavy atom. The molecule has 36 heavy (non-hydrogen) atoms. The average Bonchev–Trinajstić information content (AvgIpc) is 2.88. The highest BCUT2D eigenvalue weighted by Gasteiger charge is 2.40. The normalized spacial score (nSPS) is 19.4. The quantitative estimate of drug-likeness (QED) is 0.337. The van der Waals surface area contributed by atoms with Gasteiger partial charge in [-0.2, -0.15) is 0 Å². The molecular weight excluding hydrogens is 582 g/mol. The van der Waals surface area contributed by atoms with Crippen LogP contribution >= 0.6 is 22.6 Å². The second kappa shape index (κ2) is 13.7. The Balaban J connectivity index is 1.98. The highest BCUT2D eigenvalue weighted by molar-refractivity contribution is 14.1. The lowest BCUT2D eigenvalue weighted by molar-refractivity contribution is -0.144. The number of carbonyl (C=O) groups excluding carboxylic acids is 2. The summed E-state index contributed by atoms with van der Waals surface area (Å²) in [4.78, 5) is 27.4. The number of ether oxygens (including phenoxy) is 2. The summed E-state index contributed by atoms with van der Waals surface area (Å²) < 4.78 is 26.7. The second-order valence-electron chi connectivity index (χ2n) is 8.20. The van der Waals surface area contributed by atoms with Crippen molar-refractivity contribution in [3.8, 4) is 5.75 Å². The van der Waals surface area contributed by atoms with Crippen LogP contribution in [0.2, 0.25) is 0 Å². The maximum Gasteiger partial charge on any atom is 0.249 e. The van der Waals surface area contributed by atoms with Crippen molar-refractivity contribution in [2.75, 3.05) is 26.4 Å². The third kappa shape index (κ3) is 7.25. The molecule has 1 aliphatic rings. The minimum absolute atomic E-state index is 0.0104. The third-order valence-corrected chi connectivity index (χ3v) is 6.65. The summed E-state index contributed by atoms with van der Waals surface area (Å²) in [6, 6.07) is 12.4. The molecule has 2 aromatic carbocycles. The molecule has 0 saturated heterocycles. The lowest BCUT2D eigenvalue weighted by Gasteiger charge is -2.40. The first-order chi connectivity index (χ1) is 17.3. The molecule has 0 unspecified atom stereocenters. The Bertz CT molecular complexity index is 1080. The fraction of sp³-hybridized carbons (Fsp3) is 0.385. The Hall–Kier alpha value is -2.54. The Morgan fingerprint density at radius 3 is 2.61 bits per heavy atom. The van der Waals surface area contributed by atoms with E-state index >= 15 is 0 Å². The molecule has 3 rings (SSSR count). The van der Waals surface area contributed by atoms with E-state index in [1.165, 1.54) is 17.0 Å². The molecular formula is C26H30FIN2O6. The van der Waals surface area contributed by atoms with Crippen molar-refractivity contribution in [1.82, 2.24) is 10.2 Å². The predicted octanol–water partition coefficient (Wildman–Crippen LogP) is 2.41. The van der Waals surface area contributed by atoms with Gasteiger partial charge < -0.3 is 29.9 Å². The number of carbonyl (C=O) groups is 2. The van der Waals surface area contributed by atoms with Gasteiger partial charge in [-0.3, -0.25) is 9.59 Å². The number of nitrogens with one attached hydrogen (secondary N) is 1. The zero-order valence-electron chi connectivity index (χ0n) is 19.9. The molecule has 10 heteroatoms. The molecule has 8 nitrogen and oxygen atoms in total. The topological polar surface area (TPSA) is 108 Å². The van der Waals surface area contributed by atoms with E-state index in [0.29, 0.717) is 12.4 Å². The predicted molar refractivity (Wildman–Crippen MR) is 140 cm³/mol. The first-order valence-electron chi connectivity index (χ1n) is 11.6. The van der Waals surface area contributed by atoms with Crippen molar-refractivity contribution in [2.45, 2.75) is 38.1 Å². The van der Waals surface area contributed by atoms with Crippen LogP contribution in [0.3, 0.4) is 0 Å². The van der Waals surface area contributed by atoms with Crippen LogP contribution in [-0.4, -0.2) is 71.5 Å². The van der Waals surface area contributed by atoms with E-state index in [-0.39, 0.29) is 43.9 Å². The molecule has 3 atom stereocenters. The summed E-state index contributed by atoms with van der Waals surface area (Å²) in [5.74, 6) is -0.870. The van der Waals surface area contributed by atoms with Gasteiger partial charge in [-0.05, 0) is 53.8 Å².